The minimum Gasteiger partial charge on any atom is -0.465 e. The van der Waals surface area contributed by atoms with E-state index in [-0.39, 0.29) is 0 Å². The van der Waals surface area contributed by atoms with E-state index < -0.39 is 18.2 Å². The topological polar surface area (TPSA) is 78.8 Å². The molecule has 0 radical (unpaired) electrons. The van der Waals surface area contributed by atoms with Crippen molar-refractivity contribution in [1.29, 1.82) is 0 Å². The fourth-order valence-electron chi connectivity index (χ4n) is 1.83. The second-order valence-corrected chi connectivity index (χ2v) is 4.47. The van der Waals surface area contributed by atoms with Gasteiger partial charge in [0.05, 0.1) is 18.8 Å². The highest BCUT2D eigenvalue weighted by Gasteiger charge is 2.20. The fraction of sp³-hybridized carbons (Fsp3) is 0.500. The molecule has 1 aromatic rings. The highest BCUT2D eigenvalue weighted by molar-refractivity contribution is 5.91. The molecule has 0 amide bonds. The van der Waals surface area contributed by atoms with Gasteiger partial charge < -0.3 is 20.3 Å². The molecule has 2 unspecified atom stereocenters. The van der Waals surface area contributed by atoms with Crippen molar-refractivity contribution in [2.75, 3.05) is 20.7 Å². The number of aliphatic hydroxyl groups excluding tert-OH is 2. The molecule has 0 aliphatic rings. The Kier molecular flexibility index (Phi) is 5.95. The predicted octanol–water partition coefficient (Wildman–Crippen LogP) is 0.785. The van der Waals surface area contributed by atoms with Crippen molar-refractivity contribution < 1.29 is 19.7 Å². The molecular weight excluding hydrogens is 246 g/mol. The van der Waals surface area contributed by atoms with Gasteiger partial charge in [-0.3, -0.25) is 0 Å². The Morgan fingerprint density at radius 2 is 2.11 bits per heavy atom. The van der Waals surface area contributed by atoms with Crippen LogP contribution >= 0.6 is 0 Å². The zero-order chi connectivity index (χ0) is 14.4. The highest BCUT2D eigenvalue weighted by Crippen LogP contribution is 2.22. The van der Waals surface area contributed by atoms with Gasteiger partial charge in [-0.1, -0.05) is 12.1 Å². The van der Waals surface area contributed by atoms with Crippen LogP contribution in [0, 0.1) is 6.92 Å². The first-order chi connectivity index (χ1) is 9.01. The van der Waals surface area contributed by atoms with E-state index in [0.29, 0.717) is 24.1 Å². The maximum absolute atomic E-state index is 11.6. The summed E-state index contributed by atoms with van der Waals surface area (Å²) in [5.41, 5.74) is 1.68. The summed E-state index contributed by atoms with van der Waals surface area (Å²) in [4.78, 5) is 11.6. The van der Waals surface area contributed by atoms with Gasteiger partial charge in [0.25, 0.3) is 0 Å². The van der Waals surface area contributed by atoms with Gasteiger partial charge in [0.15, 0.2) is 0 Å². The molecular formula is C14H21NO4. The molecule has 5 nitrogen and oxygen atoms in total. The molecule has 0 saturated carbocycles. The number of methoxy groups -OCH3 is 1. The molecule has 2 atom stereocenters. The standard InChI is InChI=1S/C14H21NO4/c1-9-4-5-10(8-11(9)14(18)19-3)13(17)12(16)6-7-15-2/h4-5,8,12-13,15-17H,6-7H2,1-3H3. The zero-order valence-electron chi connectivity index (χ0n) is 11.5. The molecule has 0 bridgehead atoms. The monoisotopic (exact) mass is 267 g/mol. The first kappa shape index (κ1) is 15.6. The Bertz CT molecular complexity index is 433. The van der Waals surface area contributed by atoms with Crippen LogP contribution in [0.15, 0.2) is 18.2 Å². The summed E-state index contributed by atoms with van der Waals surface area (Å²) >= 11 is 0. The van der Waals surface area contributed by atoms with Gasteiger partial charge >= 0.3 is 5.97 Å². The average Bonchev–Trinajstić information content (AvgIpc) is 2.43. The third-order valence-corrected chi connectivity index (χ3v) is 3.06. The molecule has 106 valence electrons. The predicted molar refractivity (Wildman–Crippen MR) is 72.0 cm³/mol. The van der Waals surface area contributed by atoms with E-state index in [9.17, 15) is 15.0 Å². The number of aliphatic hydroxyl groups is 2. The van der Waals surface area contributed by atoms with E-state index in [1.54, 1.807) is 32.2 Å². The van der Waals surface area contributed by atoms with Crippen LogP contribution < -0.4 is 5.32 Å². The second kappa shape index (κ2) is 7.23. The quantitative estimate of drug-likeness (QED) is 0.664. The number of esters is 1. The number of ether oxygens (including phenoxy) is 1. The minimum atomic E-state index is -1.02. The van der Waals surface area contributed by atoms with E-state index in [4.69, 9.17) is 0 Å². The lowest BCUT2D eigenvalue weighted by atomic mass is 9.97. The van der Waals surface area contributed by atoms with Crippen LogP contribution in [0.5, 0.6) is 0 Å². The summed E-state index contributed by atoms with van der Waals surface area (Å²) in [6.45, 7) is 2.40. The Hall–Kier alpha value is -1.43. The third-order valence-electron chi connectivity index (χ3n) is 3.06. The smallest absolute Gasteiger partial charge is 0.338 e. The number of hydrogen-bond donors (Lipinski definition) is 3. The summed E-state index contributed by atoms with van der Waals surface area (Å²) < 4.78 is 4.68. The Morgan fingerprint density at radius 3 is 2.68 bits per heavy atom. The van der Waals surface area contributed by atoms with Gasteiger partial charge in [-0.15, -0.1) is 0 Å². The first-order valence-electron chi connectivity index (χ1n) is 6.20. The first-order valence-corrected chi connectivity index (χ1v) is 6.20. The molecule has 3 N–H and O–H groups in total. The van der Waals surface area contributed by atoms with Crippen LogP contribution in [0.1, 0.15) is 34.0 Å². The number of aryl methyl sites for hydroxylation is 1. The van der Waals surface area contributed by atoms with E-state index in [2.05, 4.69) is 10.1 Å². The number of carbonyl (C=O) groups excluding carboxylic acids is 1. The number of rotatable bonds is 6. The van der Waals surface area contributed by atoms with Crippen molar-refractivity contribution in [2.24, 2.45) is 0 Å². The molecule has 0 saturated heterocycles. The third kappa shape index (κ3) is 4.02. The van der Waals surface area contributed by atoms with E-state index in [1.807, 2.05) is 0 Å². The van der Waals surface area contributed by atoms with Gasteiger partial charge in [0.1, 0.15) is 6.10 Å². The Morgan fingerprint density at radius 1 is 1.42 bits per heavy atom. The van der Waals surface area contributed by atoms with Crippen molar-refractivity contribution in [1.82, 2.24) is 5.32 Å². The molecule has 5 heteroatoms. The molecule has 0 spiro atoms. The van der Waals surface area contributed by atoms with Gasteiger partial charge in [0.2, 0.25) is 0 Å². The average molecular weight is 267 g/mol. The number of hydrogen-bond acceptors (Lipinski definition) is 5. The van der Waals surface area contributed by atoms with E-state index in [1.165, 1.54) is 7.11 Å². The Balaban J connectivity index is 2.92. The van der Waals surface area contributed by atoms with Crippen molar-refractivity contribution in [2.45, 2.75) is 25.6 Å². The molecule has 0 aliphatic carbocycles. The fourth-order valence-corrected chi connectivity index (χ4v) is 1.83. The maximum atomic E-state index is 11.6. The van der Waals surface area contributed by atoms with Crippen LogP contribution in [-0.4, -0.2) is 43.0 Å². The molecule has 1 rings (SSSR count). The van der Waals surface area contributed by atoms with E-state index >= 15 is 0 Å². The van der Waals surface area contributed by atoms with Crippen LogP contribution in [0.4, 0.5) is 0 Å². The van der Waals surface area contributed by atoms with Crippen molar-refractivity contribution >= 4 is 5.97 Å². The molecule has 1 aromatic carbocycles. The maximum Gasteiger partial charge on any atom is 0.338 e. The van der Waals surface area contributed by atoms with Crippen LogP contribution in [0.25, 0.3) is 0 Å². The van der Waals surface area contributed by atoms with Gasteiger partial charge in [0, 0.05) is 0 Å². The number of carbonyl (C=O) groups is 1. The second-order valence-electron chi connectivity index (χ2n) is 4.47. The summed E-state index contributed by atoms with van der Waals surface area (Å²) in [6.07, 6.45) is -1.46. The number of nitrogens with one attached hydrogen (secondary N) is 1. The summed E-state index contributed by atoms with van der Waals surface area (Å²) in [5, 5.41) is 22.8. The molecule has 0 heterocycles. The summed E-state index contributed by atoms with van der Waals surface area (Å²) in [5.74, 6) is -0.448. The number of benzene rings is 1. The van der Waals surface area contributed by atoms with Gasteiger partial charge in [-0.2, -0.15) is 0 Å². The Labute approximate surface area is 113 Å². The largest absolute Gasteiger partial charge is 0.465 e. The lowest BCUT2D eigenvalue weighted by molar-refractivity contribution is 0.0139. The molecule has 0 aliphatic heterocycles. The van der Waals surface area contributed by atoms with E-state index in [0.717, 1.165) is 5.56 Å². The summed E-state index contributed by atoms with van der Waals surface area (Å²) in [6, 6.07) is 5.00. The van der Waals surface area contributed by atoms with Crippen LogP contribution in [-0.2, 0) is 4.74 Å². The molecule has 0 fully saturated rings. The summed E-state index contributed by atoms with van der Waals surface area (Å²) in [7, 11) is 3.09. The normalized spacial score (nSPS) is 13.9. The SMILES string of the molecule is CNCCC(O)C(O)c1ccc(C)c(C(=O)OC)c1. The lowest BCUT2D eigenvalue weighted by Crippen LogP contribution is -2.23. The van der Waals surface area contributed by atoms with Gasteiger partial charge in [-0.05, 0) is 44.1 Å². The highest BCUT2D eigenvalue weighted by atomic mass is 16.5. The minimum absolute atomic E-state index is 0.403. The van der Waals surface area contributed by atoms with Crippen molar-refractivity contribution in [3.05, 3.63) is 34.9 Å². The van der Waals surface area contributed by atoms with Gasteiger partial charge in [-0.25, -0.2) is 4.79 Å². The lowest BCUT2D eigenvalue weighted by Gasteiger charge is -2.19. The zero-order valence-corrected chi connectivity index (χ0v) is 11.5. The van der Waals surface area contributed by atoms with Crippen LogP contribution in [0.3, 0.4) is 0 Å². The molecule has 0 aromatic heterocycles. The van der Waals surface area contributed by atoms with Crippen molar-refractivity contribution in [3.8, 4) is 0 Å². The van der Waals surface area contributed by atoms with Crippen molar-refractivity contribution in [3.63, 3.8) is 0 Å². The van der Waals surface area contributed by atoms with Crippen LogP contribution in [0.2, 0.25) is 0 Å². The molecule has 19 heavy (non-hydrogen) atoms.